The number of ketones is 2. The molecule has 0 aromatic heterocycles. The van der Waals surface area contributed by atoms with Gasteiger partial charge in [0.25, 0.3) is 0 Å². The fourth-order valence-corrected chi connectivity index (χ4v) is 1.38. The standard InChI is InChI=1S/C9H14O3/c1-7(10)5-9(11)8-3-2-4-12-6-8/h8H,2-6H2,1H3. The second-order valence-electron chi connectivity index (χ2n) is 3.26. The maximum atomic E-state index is 11.3. The van der Waals surface area contributed by atoms with Gasteiger partial charge in [-0.15, -0.1) is 0 Å². The number of hydrogen-bond acceptors (Lipinski definition) is 3. The molecule has 0 saturated carbocycles. The predicted octanol–water partition coefficient (Wildman–Crippen LogP) is 0.961. The van der Waals surface area contributed by atoms with E-state index < -0.39 is 0 Å². The first-order valence-electron chi connectivity index (χ1n) is 4.30. The molecule has 12 heavy (non-hydrogen) atoms. The molecule has 3 heteroatoms. The van der Waals surface area contributed by atoms with Crippen LogP contribution in [0.2, 0.25) is 0 Å². The van der Waals surface area contributed by atoms with E-state index in [0.29, 0.717) is 6.61 Å². The lowest BCUT2D eigenvalue weighted by Gasteiger charge is -2.20. The van der Waals surface area contributed by atoms with Crippen LogP contribution in [0.15, 0.2) is 0 Å². The quantitative estimate of drug-likeness (QED) is 0.592. The molecule has 1 saturated heterocycles. The first kappa shape index (κ1) is 9.39. The summed E-state index contributed by atoms with van der Waals surface area (Å²) in [5.74, 6) is -0.0320. The van der Waals surface area contributed by atoms with Gasteiger partial charge in [-0.05, 0) is 19.8 Å². The van der Waals surface area contributed by atoms with Crippen LogP contribution < -0.4 is 0 Å². The molecule has 68 valence electrons. The van der Waals surface area contributed by atoms with E-state index in [0.717, 1.165) is 19.4 Å². The fourth-order valence-electron chi connectivity index (χ4n) is 1.38. The van der Waals surface area contributed by atoms with Gasteiger partial charge in [0.1, 0.15) is 11.6 Å². The van der Waals surface area contributed by atoms with E-state index in [1.165, 1.54) is 6.92 Å². The minimum atomic E-state index is -0.0504. The van der Waals surface area contributed by atoms with Gasteiger partial charge in [-0.25, -0.2) is 0 Å². The van der Waals surface area contributed by atoms with Crippen molar-refractivity contribution >= 4 is 11.6 Å². The number of carbonyl (C=O) groups excluding carboxylic acids is 2. The van der Waals surface area contributed by atoms with Gasteiger partial charge in [0.15, 0.2) is 0 Å². The lowest BCUT2D eigenvalue weighted by atomic mass is 9.95. The number of carbonyl (C=O) groups is 2. The first-order valence-corrected chi connectivity index (χ1v) is 4.30. The molecule has 1 fully saturated rings. The third-order valence-corrected chi connectivity index (χ3v) is 2.04. The van der Waals surface area contributed by atoms with Crippen LogP contribution in [0.5, 0.6) is 0 Å². The molecule has 0 spiro atoms. The van der Waals surface area contributed by atoms with E-state index >= 15 is 0 Å². The van der Waals surface area contributed by atoms with E-state index in [2.05, 4.69) is 0 Å². The molecule has 3 nitrogen and oxygen atoms in total. The minimum absolute atomic E-state index is 0.0253. The van der Waals surface area contributed by atoms with Crippen molar-refractivity contribution in [2.75, 3.05) is 13.2 Å². The zero-order valence-electron chi connectivity index (χ0n) is 7.34. The van der Waals surface area contributed by atoms with Crippen LogP contribution in [0.3, 0.4) is 0 Å². The van der Waals surface area contributed by atoms with E-state index in [1.807, 2.05) is 0 Å². The third kappa shape index (κ3) is 2.74. The highest BCUT2D eigenvalue weighted by molar-refractivity contribution is 5.99. The van der Waals surface area contributed by atoms with Gasteiger partial charge < -0.3 is 4.74 Å². The summed E-state index contributed by atoms with van der Waals surface area (Å²) in [6.07, 6.45) is 1.90. The highest BCUT2D eigenvalue weighted by atomic mass is 16.5. The summed E-state index contributed by atoms with van der Waals surface area (Å²) in [6.45, 7) is 2.71. The first-order chi connectivity index (χ1) is 5.70. The second-order valence-corrected chi connectivity index (χ2v) is 3.26. The van der Waals surface area contributed by atoms with Crippen molar-refractivity contribution in [3.05, 3.63) is 0 Å². The van der Waals surface area contributed by atoms with Gasteiger partial charge >= 0.3 is 0 Å². The molecule has 0 aromatic carbocycles. The summed E-state index contributed by atoms with van der Waals surface area (Å²) < 4.78 is 5.15. The topological polar surface area (TPSA) is 43.4 Å². The van der Waals surface area contributed by atoms with Crippen molar-refractivity contribution in [2.45, 2.75) is 26.2 Å². The lowest BCUT2D eigenvalue weighted by Crippen LogP contribution is -2.26. The number of rotatable bonds is 3. The van der Waals surface area contributed by atoms with E-state index in [1.54, 1.807) is 0 Å². The predicted molar refractivity (Wildman–Crippen MR) is 43.8 cm³/mol. The Hall–Kier alpha value is -0.700. The lowest BCUT2D eigenvalue weighted by molar-refractivity contribution is -0.131. The highest BCUT2D eigenvalue weighted by Gasteiger charge is 2.22. The Balaban J connectivity index is 2.34. The van der Waals surface area contributed by atoms with E-state index in [4.69, 9.17) is 4.74 Å². The summed E-state index contributed by atoms with van der Waals surface area (Å²) in [7, 11) is 0. The fraction of sp³-hybridized carbons (Fsp3) is 0.778. The third-order valence-electron chi connectivity index (χ3n) is 2.04. The molecule has 0 aliphatic carbocycles. The number of Topliss-reactive ketones (excluding diaryl/α,β-unsaturated/α-hetero) is 2. The summed E-state index contributed by atoms with van der Waals surface area (Å²) in [5.41, 5.74) is 0. The highest BCUT2D eigenvalue weighted by Crippen LogP contribution is 2.15. The molecule has 1 aliphatic rings. The zero-order chi connectivity index (χ0) is 8.97. The van der Waals surface area contributed by atoms with E-state index in [9.17, 15) is 9.59 Å². The van der Waals surface area contributed by atoms with E-state index in [-0.39, 0.29) is 23.9 Å². The van der Waals surface area contributed by atoms with Crippen molar-refractivity contribution in [1.29, 1.82) is 0 Å². The minimum Gasteiger partial charge on any atom is -0.381 e. The second kappa shape index (κ2) is 4.36. The van der Waals surface area contributed by atoms with Gasteiger partial charge in [0.2, 0.25) is 0 Å². The Morgan fingerprint density at radius 2 is 2.25 bits per heavy atom. The molecular weight excluding hydrogens is 156 g/mol. The van der Waals surface area contributed by atoms with Crippen molar-refractivity contribution in [2.24, 2.45) is 5.92 Å². The Labute approximate surface area is 72.1 Å². The van der Waals surface area contributed by atoms with Crippen molar-refractivity contribution in [3.8, 4) is 0 Å². The van der Waals surface area contributed by atoms with Crippen LogP contribution >= 0.6 is 0 Å². The SMILES string of the molecule is CC(=O)CC(=O)C1CCCOC1. The van der Waals surface area contributed by atoms with Crippen molar-refractivity contribution in [3.63, 3.8) is 0 Å². The Kier molecular flexibility index (Phi) is 3.41. The van der Waals surface area contributed by atoms with Crippen molar-refractivity contribution in [1.82, 2.24) is 0 Å². The van der Waals surface area contributed by atoms with Crippen LogP contribution in [0.4, 0.5) is 0 Å². The molecule has 1 unspecified atom stereocenters. The average Bonchev–Trinajstić information content (AvgIpc) is 2.05. The van der Waals surface area contributed by atoms with Gasteiger partial charge in [-0.2, -0.15) is 0 Å². The van der Waals surface area contributed by atoms with Gasteiger partial charge in [0.05, 0.1) is 13.0 Å². The smallest absolute Gasteiger partial charge is 0.145 e. The summed E-state index contributed by atoms with van der Waals surface area (Å²) >= 11 is 0. The largest absolute Gasteiger partial charge is 0.381 e. The van der Waals surface area contributed by atoms with Crippen LogP contribution in [0.1, 0.15) is 26.2 Å². The average molecular weight is 170 g/mol. The molecular formula is C9H14O3. The Morgan fingerprint density at radius 3 is 2.75 bits per heavy atom. The number of hydrogen-bond donors (Lipinski definition) is 0. The monoisotopic (exact) mass is 170 g/mol. The zero-order valence-corrected chi connectivity index (χ0v) is 7.34. The van der Waals surface area contributed by atoms with Crippen LogP contribution in [0, 0.1) is 5.92 Å². The normalized spacial score (nSPS) is 23.6. The molecule has 0 amide bonds. The van der Waals surface area contributed by atoms with Crippen LogP contribution in [-0.2, 0) is 14.3 Å². The van der Waals surface area contributed by atoms with Gasteiger partial charge in [-0.1, -0.05) is 0 Å². The van der Waals surface area contributed by atoms with Gasteiger partial charge in [0, 0.05) is 12.5 Å². The molecule has 0 N–H and O–H groups in total. The van der Waals surface area contributed by atoms with Crippen LogP contribution in [-0.4, -0.2) is 24.8 Å². The molecule has 1 rings (SSSR count). The summed E-state index contributed by atoms with van der Waals surface area (Å²) in [6, 6.07) is 0. The molecule has 1 aliphatic heterocycles. The molecule has 1 atom stereocenters. The maximum absolute atomic E-state index is 11.3. The number of ether oxygens (including phenoxy) is 1. The molecule has 0 bridgehead atoms. The van der Waals surface area contributed by atoms with Crippen molar-refractivity contribution < 1.29 is 14.3 Å². The molecule has 0 radical (unpaired) electrons. The van der Waals surface area contributed by atoms with Crippen LogP contribution in [0.25, 0.3) is 0 Å². The Morgan fingerprint density at radius 1 is 1.50 bits per heavy atom. The maximum Gasteiger partial charge on any atom is 0.145 e. The molecule has 1 heterocycles. The summed E-state index contributed by atoms with van der Waals surface area (Å²) in [5, 5.41) is 0. The summed E-state index contributed by atoms with van der Waals surface area (Å²) in [4.78, 5) is 21.9. The molecule has 0 aromatic rings. The Bertz CT molecular complexity index is 180. The van der Waals surface area contributed by atoms with Gasteiger partial charge in [-0.3, -0.25) is 9.59 Å².